The van der Waals surface area contributed by atoms with E-state index in [4.69, 9.17) is 10.5 Å². The molecule has 0 amide bonds. The van der Waals surface area contributed by atoms with Gasteiger partial charge in [0.15, 0.2) is 0 Å². The molecule has 1 aromatic heterocycles. The Labute approximate surface area is 116 Å². The average Bonchev–Trinajstić information content (AvgIpc) is 2.38. The van der Waals surface area contributed by atoms with Crippen LogP contribution in [-0.4, -0.2) is 9.91 Å². The molecule has 0 saturated carbocycles. The van der Waals surface area contributed by atoms with E-state index < -0.39 is 4.92 Å². The van der Waals surface area contributed by atoms with Crippen LogP contribution in [-0.2, 0) is 0 Å². The van der Waals surface area contributed by atoms with Crippen LogP contribution in [0.3, 0.4) is 0 Å². The van der Waals surface area contributed by atoms with Crippen LogP contribution in [0.2, 0.25) is 0 Å². The SMILES string of the molecule is Cc1cc([N+](=O)[O-])c(C)cc1Oc1nccc(C)c1N. The summed E-state index contributed by atoms with van der Waals surface area (Å²) in [5, 5.41) is 10.9. The van der Waals surface area contributed by atoms with Crippen LogP contribution in [0.1, 0.15) is 16.7 Å². The first-order valence-electron chi connectivity index (χ1n) is 6.04. The number of nitrogens with zero attached hydrogens (tertiary/aromatic N) is 2. The van der Waals surface area contributed by atoms with Gasteiger partial charge in [-0.2, -0.15) is 0 Å². The number of hydrogen-bond acceptors (Lipinski definition) is 5. The smallest absolute Gasteiger partial charge is 0.272 e. The van der Waals surface area contributed by atoms with Gasteiger partial charge >= 0.3 is 0 Å². The maximum Gasteiger partial charge on any atom is 0.272 e. The Bertz CT molecular complexity index is 684. The number of ether oxygens (including phenoxy) is 1. The van der Waals surface area contributed by atoms with Crippen LogP contribution in [0.5, 0.6) is 11.6 Å². The summed E-state index contributed by atoms with van der Waals surface area (Å²) in [7, 11) is 0. The molecule has 0 saturated heterocycles. The number of aryl methyl sites for hydroxylation is 3. The number of nitrogen functional groups attached to an aromatic ring is 1. The molecule has 0 radical (unpaired) electrons. The van der Waals surface area contributed by atoms with Gasteiger partial charge in [-0.25, -0.2) is 4.98 Å². The summed E-state index contributed by atoms with van der Waals surface area (Å²) >= 11 is 0. The van der Waals surface area contributed by atoms with Crippen molar-refractivity contribution in [2.45, 2.75) is 20.8 Å². The first kappa shape index (κ1) is 13.8. The molecule has 0 spiro atoms. The molecule has 0 fully saturated rings. The number of aromatic nitrogens is 1. The van der Waals surface area contributed by atoms with E-state index in [-0.39, 0.29) is 5.69 Å². The van der Waals surface area contributed by atoms with Crippen LogP contribution < -0.4 is 10.5 Å². The summed E-state index contributed by atoms with van der Waals surface area (Å²) in [6.45, 7) is 5.27. The lowest BCUT2D eigenvalue weighted by atomic mass is 10.1. The van der Waals surface area contributed by atoms with Gasteiger partial charge in [0.25, 0.3) is 5.69 Å². The summed E-state index contributed by atoms with van der Waals surface area (Å²) in [6, 6.07) is 4.89. The molecule has 0 atom stereocenters. The summed E-state index contributed by atoms with van der Waals surface area (Å²) in [6.07, 6.45) is 1.61. The molecular weight excluding hydrogens is 258 g/mol. The van der Waals surface area contributed by atoms with E-state index in [0.29, 0.717) is 28.4 Å². The van der Waals surface area contributed by atoms with Gasteiger partial charge in [-0.1, -0.05) is 0 Å². The van der Waals surface area contributed by atoms with Crippen molar-refractivity contribution in [3.05, 3.63) is 51.2 Å². The highest BCUT2D eigenvalue weighted by Crippen LogP contribution is 2.33. The first-order valence-corrected chi connectivity index (χ1v) is 6.04. The number of pyridine rings is 1. The van der Waals surface area contributed by atoms with Crippen LogP contribution in [0.25, 0.3) is 0 Å². The Hall–Kier alpha value is -2.63. The molecule has 1 aromatic carbocycles. The minimum atomic E-state index is -0.411. The van der Waals surface area contributed by atoms with Gasteiger partial charge in [0.05, 0.1) is 10.6 Å². The fraction of sp³-hybridized carbons (Fsp3) is 0.214. The molecular formula is C14H15N3O3. The highest BCUT2D eigenvalue weighted by molar-refractivity contribution is 5.57. The number of nitrogens with two attached hydrogens (primary N) is 1. The number of nitro benzene ring substituents is 1. The molecule has 1 heterocycles. The zero-order chi connectivity index (χ0) is 14.9. The molecule has 0 unspecified atom stereocenters. The normalized spacial score (nSPS) is 10.3. The molecule has 6 nitrogen and oxygen atoms in total. The maximum atomic E-state index is 10.9. The van der Waals surface area contributed by atoms with Crippen molar-refractivity contribution in [1.82, 2.24) is 4.98 Å². The standard InChI is InChI=1S/C14H15N3O3/c1-8-4-5-16-14(13(8)15)20-12-7-9(2)11(17(18)19)6-10(12)3/h4-7H,15H2,1-3H3. The Kier molecular flexibility index (Phi) is 3.56. The summed E-state index contributed by atoms with van der Waals surface area (Å²) in [5.41, 5.74) is 8.49. The van der Waals surface area contributed by atoms with Crippen molar-refractivity contribution in [3.63, 3.8) is 0 Å². The monoisotopic (exact) mass is 273 g/mol. The number of nitro groups is 1. The molecule has 0 aliphatic carbocycles. The molecule has 0 aliphatic rings. The summed E-state index contributed by atoms with van der Waals surface area (Å²) in [5.74, 6) is 0.819. The Balaban J connectivity index is 2.42. The average molecular weight is 273 g/mol. The lowest BCUT2D eigenvalue weighted by Gasteiger charge is -2.11. The van der Waals surface area contributed by atoms with Gasteiger partial charge in [0, 0.05) is 17.8 Å². The predicted octanol–water partition coefficient (Wildman–Crippen LogP) is 3.29. The topological polar surface area (TPSA) is 91.3 Å². The first-order chi connectivity index (χ1) is 9.40. The summed E-state index contributed by atoms with van der Waals surface area (Å²) in [4.78, 5) is 14.5. The van der Waals surface area contributed by atoms with E-state index in [1.807, 2.05) is 6.92 Å². The Morgan fingerprint density at radius 3 is 2.55 bits per heavy atom. The molecule has 2 aromatic rings. The van der Waals surface area contributed by atoms with Crippen LogP contribution in [0.4, 0.5) is 11.4 Å². The molecule has 6 heteroatoms. The summed E-state index contributed by atoms with van der Waals surface area (Å²) < 4.78 is 5.68. The molecule has 104 valence electrons. The second-order valence-corrected chi connectivity index (χ2v) is 4.61. The van der Waals surface area contributed by atoms with Crippen molar-refractivity contribution < 1.29 is 9.66 Å². The van der Waals surface area contributed by atoms with Crippen molar-refractivity contribution in [1.29, 1.82) is 0 Å². The third kappa shape index (κ3) is 2.54. The van der Waals surface area contributed by atoms with E-state index in [9.17, 15) is 10.1 Å². The van der Waals surface area contributed by atoms with Crippen molar-refractivity contribution >= 4 is 11.4 Å². The zero-order valence-corrected chi connectivity index (χ0v) is 11.5. The zero-order valence-electron chi connectivity index (χ0n) is 11.5. The fourth-order valence-corrected chi connectivity index (χ4v) is 1.81. The van der Waals surface area contributed by atoms with E-state index in [0.717, 1.165) is 5.56 Å². The molecule has 0 bridgehead atoms. The van der Waals surface area contributed by atoms with Crippen molar-refractivity contribution in [2.24, 2.45) is 0 Å². The van der Waals surface area contributed by atoms with Crippen molar-refractivity contribution in [2.75, 3.05) is 5.73 Å². The van der Waals surface area contributed by atoms with Gasteiger partial charge in [0.1, 0.15) is 5.75 Å². The third-order valence-electron chi connectivity index (χ3n) is 3.07. The van der Waals surface area contributed by atoms with Crippen LogP contribution >= 0.6 is 0 Å². The van der Waals surface area contributed by atoms with Crippen LogP contribution in [0.15, 0.2) is 24.4 Å². The van der Waals surface area contributed by atoms with E-state index in [2.05, 4.69) is 4.98 Å². The predicted molar refractivity (Wildman–Crippen MR) is 76.0 cm³/mol. The number of benzene rings is 1. The number of hydrogen-bond donors (Lipinski definition) is 1. The van der Waals surface area contributed by atoms with E-state index in [1.165, 1.54) is 6.07 Å². The quantitative estimate of drug-likeness (QED) is 0.684. The lowest BCUT2D eigenvalue weighted by molar-refractivity contribution is -0.385. The van der Waals surface area contributed by atoms with Gasteiger partial charge < -0.3 is 10.5 Å². The van der Waals surface area contributed by atoms with Gasteiger partial charge in [-0.3, -0.25) is 10.1 Å². The fourth-order valence-electron chi connectivity index (χ4n) is 1.81. The second-order valence-electron chi connectivity index (χ2n) is 4.61. The van der Waals surface area contributed by atoms with Gasteiger partial charge in [-0.15, -0.1) is 0 Å². The van der Waals surface area contributed by atoms with Gasteiger partial charge in [-0.05, 0) is 44.0 Å². The largest absolute Gasteiger partial charge is 0.437 e. The highest BCUT2D eigenvalue weighted by Gasteiger charge is 2.15. The van der Waals surface area contributed by atoms with Crippen LogP contribution in [0, 0.1) is 30.9 Å². The molecule has 0 aliphatic heterocycles. The highest BCUT2D eigenvalue weighted by atomic mass is 16.6. The third-order valence-corrected chi connectivity index (χ3v) is 3.07. The molecule has 20 heavy (non-hydrogen) atoms. The van der Waals surface area contributed by atoms with Gasteiger partial charge in [0.2, 0.25) is 5.88 Å². The van der Waals surface area contributed by atoms with Crippen molar-refractivity contribution in [3.8, 4) is 11.6 Å². The molecule has 2 N–H and O–H groups in total. The minimum absolute atomic E-state index is 0.0695. The lowest BCUT2D eigenvalue weighted by Crippen LogP contribution is -1.99. The Morgan fingerprint density at radius 1 is 1.20 bits per heavy atom. The number of rotatable bonds is 3. The van der Waals surface area contributed by atoms with E-state index >= 15 is 0 Å². The Morgan fingerprint density at radius 2 is 1.90 bits per heavy atom. The minimum Gasteiger partial charge on any atom is -0.437 e. The number of anilines is 1. The maximum absolute atomic E-state index is 10.9. The molecule has 2 rings (SSSR count). The van der Waals surface area contributed by atoms with E-state index in [1.54, 1.807) is 32.2 Å². The second kappa shape index (κ2) is 5.16.